The zero-order valence-electron chi connectivity index (χ0n) is 16.4. The number of hydrogen-bond acceptors (Lipinski definition) is 8. The van der Waals surface area contributed by atoms with Crippen molar-refractivity contribution in [2.45, 2.75) is 11.1 Å². The number of rotatable bonds is 6. The number of aromatic nitrogens is 3. The summed E-state index contributed by atoms with van der Waals surface area (Å²) >= 11 is 0. The summed E-state index contributed by atoms with van der Waals surface area (Å²) in [6.07, 6.45) is -2.08. The van der Waals surface area contributed by atoms with Crippen LogP contribution < -0.4 is 15.2 Å². The van der Waals surface area contributed by atoms with Crippen LogP contribution in [0.3, 0.4) is 0 Å². The van der Waals surface area contributed by atoms with E-state index in [4.69, 9.17) is 14.3 Å². The largest absolute Gasteiger partial charge is 0.456 e. The minimum atomic E-state index is -4.49. The van der Waals surface area contributed by atoms with E-state index in [1.165, 1.54) is 30.5 Å². The van der Waals surface area contributed by atoms with Gasteiger partial charge in [0.15, 0.2) is 5.75 Å². The SMILES string of the molecule is NS(=O)(=O)c1cnccc1Oc1cccc(-c2nnc(Nc3cccc(C(F)(F)F)c3)o2)c1. The van der Waals surface area contributed by atoms with Crippen molar-refractivity contribution in [3.63, 3.8) is 0 Å². The fraction of sp³-hybridized carbons (Fsp3) is 0.0500. The molecule has 0 aliphatic carbocycles. The molecule has 0 saturated carbocycles. The van der Waals surface area contributed by atoms with E-state index >= 15 is 0 Å². The quantitative estimate of drug-likeness (QED) is 0.419. The van der Waals surface area contributed by atoms with Crippen LogP contribution in [0.1, 0.15) is 5.56 Å². The maximum absolute atomic E-state index is 12.9. The number of nitrogens with two attached hydrogens (primary N) is 1. The van der Waals surface area contributed by atoms with Crippen molar-refractivity contribution in [3.05, 3.63) is 72.6 Å². The van der Waals surface area contributed by atoms with Gasteiger partial charge in [-0.2, -0.15) is 13.2 Å². The maximum Gasteiger partial charge on any atom is 0.416 e. The van der Waals surface area contributed by atoms with Gasteiger partial charge in [-0.15, -0.1) is 5.10 Å². The molecule has 0 saturated heterocycles. The molecule has 0 radical (unpaired) electrons. The van der Waals surface area contributed by atoms with Crippen LogP contribution in [0.15, 0.2) is 76.3 Å². The number of anilines is 2. The van der Waals surface area contributed by atoms with Crippen LogP contribution in [-0.4, -0.2) is 23.6 Å². The normalized spacial score (nSPS) is 11.9. The summed E-state index contributed by atoms with van der Waals surface area (Å²) < 4.78 is 73.2. The number of benzene rings is 2. The lowest BCUT2D eigenvalue weighted by molar-refractivity contribution is -0.137. The molecule has 9 nitrogen and oxygen atoms in total. The van der Waals surface area contributed by atoms with Crippen molar-refractivity contribution < 1.29 is 30.7 Å². The summed E-state index contributed by atoms with van der Waals surface area (Å²) in [4.78, 5) is 3.44. The van der Waals surface area contributed by atoms with Crippen LogP contribution in [-0.2, 0) is 16.2 Å². The molecule has 4 aromatic rings. The lowest BCUT2D eigenvalue weighted by atomic mass is 10.2. The Morgan fingerprint density at radius 3 is 2.58 bits per heavy atom. The topological polar surface area (TPSA) is 133 Å². The number of ether oxygens (including phenoxy) is 1. The molecular formula is C20H14F3N5O4S. The summed E-state index contributed by atoms with van der Waals surface area (Å²) in [5, 5.41) is 15.5. The third-order valence-corrected chi connectivity index (χ3v) is 5.15. The minimum absolute atomic E-state index is 0.0259. The van der Waals surface area contributed by atoms with Gasteiger partial charge in [-0.3, -0.25) is 4.98 Å². The average Bonchev–Trinajstić information content (AvgIpc) is 3.22. The molecular weight excluding hydrogens is 463 g/mol. The first-order valence-corrected chi connectivity index (χ1v) is 10.7. The molecule has 2 aromatic heterocycles. The fourth-order valence-corrected chi connectivity index (χ4v) is 3.37. The van der Waals surface area contributed by atoms with Crippen molar-refractivity contribution in [2.75, 3.05) is 5.32 Å². The highest BCUT2D eigenvalue weighted by atomic mass is 32.2. The second kappa shape index (κ2) is 8.52. The number of alkyl halides is 3. The number of sulfonamides is 1. The number of nitrogens with one attached hydrogen (secondary N) is 1. The second-order valence-corrected chi connectivity index (χ2v) is 8.14. The predicted octanol–water partition coefficient (Wildman–Crippen LogP) is 4.33. The minimum Gasteiger partial charge on any atom is -0.456 e. The molecule has 0 aliphatic rings. The Hall–Kier alpha value is -3.97. The number of hydrogen-bond donors (Lipinski definition) is 2. The van der Waals surface area contributed by atoms with Gasteiger partial charge in [0.05, 0.1) is 11.8 Å². The highest BCUT2D eigenvalue weighted by Crippen LogP contribution is 2.33. The van der Waals surface area contributed by atoms with E-state index in [1.807, 2.05) is 0 Å². The molecule has 33 heavy (non-hydrogen) atoms. The molecule has 4 rings (SSSR count). The number of nitrogens with zero attached hydrogens (tertiary/aromatic N) is 3. The number of halogens is 3. The van der Waals surface area contributed by atoms with Crippen molar-refractivity contribution in [3.8, 4) is 23.0 Å². The van der Waals surface area contributed by atoms with Gasteiger partial charge in [-0.25, -0.2) is 13.6 Å². The third kappa shape index (κ3) is 5.27. The Morgan fingerprint density at radius 2 is 1.82 bits per heavy atom. The average molecular weight is 477 g/mol. The van der Waals surface area contributed by atoms with E-state index in [1.54, 1.807) is 18.2 Å². The van der Waals surface area contributed by atoms with Gasteiger partial charge in [0.1, 0.15) is 10.6 Å². The van der Waals surface area contributed by atoms with Crippen LogP contribution in [0.5, 0.6) is 11.5 Å². The van der Waals surface area contributed by atoms with E-state index in [0.29, 0.717) is 5.56 Å². The number of primary sulfonamides is 1. The van der Waals surface area contributed by atoms with E-state index in [-0.39, 0.29) is 34.0 Å². The molecule has 2 heterocycles. The Kier molecular flexibility index (Phi) is 5.74. The maximum atomic E-state index is 12.9. The molecule has 0 aliphatic heterocycles. The Bertz CT molecular complexity index is 1410. The van der Waals surface area contributed by atoms with Crippen molar-refractivity contribution in [2.24, 2.45) is 5.14 Å². The van der Waals surface area contributed by atoms with E-state index < -0.39 is 21.8 Å². The molecule has 3 N–H and O–H groups in total. The lowest BCUT2D eigenvalue weighted by Crippen LogP contribution is -2.13. The summed E-state index contributed by atoms with van der Waals surface area (Å²) in [7, 11) is -4.06. The molecule has 0 fully saturated rings. The van der Waals surface area contributed by atoms with Gasteiger partial charge in [0, 0.05) is 23.5 Å². The van der Waals surface area contributed by atoms with Crippen molar-refractivity contribution in [1.29, 1.82) is 0 Å². The lowest BCUT2D eigenvalue weighted by Gasteiger charge is -2.09. The van der Waals surface area contributed by atoms with Gasteiger partial charge < -0.3 is 14.5 Å². The molecule has 0 unspecified atom stereocenters. The first kappa shape index (κ1) is 22.2. The zero-order valence-corrected chi connectivity index (χ0v) is 17.3. The molecule has 2 aromatic carbocycles. The summed E-state index contributed by atoms with van der Waals surface area (Å²) in [5.74, 6) is 0.271. The molecule has 0 spiro atoms. The Morgan fingerprint density at radius 1 is 1.03 bits per heavy atom. The van der Waals surface area contributed by atoms with Gasteiger partial charge >= 0.3 is 12.2 Å². The summed E-state index contributed by atoms with van der Waals surface area (Å²) in [5.41, 5.74) is -0.291. The Labute approximate surface area is 185 Å². The first-order valence-electron chi connectivity index (χ1n) is 9.12. The molecule has 0 atom stereocenters. The van der Waals surface area contributed by atoms with Gasteiger partial charge in [-0.05, 0) is 36.4 Å². The monoisotopic (exact) mass is 477 g/mol. The smallest absolute Gasteiger partial charge is 0.416 e. The van der Waals surface area contributed by atoms with Crippen LogP contribution in [0, 0.1) is 0 Å². The predicted molar refractivity (Wildman–Crippen MR) is 110 cm³/mol. The van der Waals surface area contributed by atoms with Crippen LogP contribution in [0.25, 0.3) is 11.5 Å². The van der Waals surface area contributed by atoms with Gasteiger partial charge in [0.2, 0.25) is 15.9 Å². The standard InChI is InChI=1S/C20H14F3N5O4S/c21-20(22,23)13-4-2-5-14(10-13)26-19-28-27-18(32-19)12-3-1-6-15(9-12)31-16-7-8-25-11-17(16)33(24,29)30/h1-11H,(H,26,28)(H2,24,29,30). The van der Waals surface area contributed by atoms with E-state index in [2.05, 4.69) is 20.5 Å². The highest BCUT2D eigenvalue weighted by Gasteiger charge is 2.30. The van der Waals surface area contributed by atoms with E-state index in [9.17, 15) is 21.6 Å². The molecule has 13 heteroatoms. The second-order valence-electron chi connectivity index (χ2n) is 6.61. The van der Waals surface area contributed by atoms with Crippen molar-refractivity contribution >= 4 is 21.7 Å². The number of pyridine rings is 1. The molecule has 170 valence electrons. The summed E-state index contributed by atoms with van der Waals surface area (Å²) in [6.45, 7) is 0. The fourth-order valence-electron chi connectivity index (χ4n) is 2.77. The van der Waals surface area contributed by atoms with Crippen LogP contribution >= 0.6 is 0 Å². The molecule has 0 bridgehead atoms. The Balaban J connectivity index is 1.55. The highest BCUT2D eigenvalue weighted by molar-refractivity contribution is 7.89. The molecule has 0 amide bonds. The zero-order chi connectivity index (χ0) is 23.6. The van der Waals surface area contributed by atoms with Gasteiger partial charge in [-0.1, -0.05) is 17.2 Å². The third-order valence-electron chi connectivity index (χ3n) is 4.23. The van der Waals surface area contributed by atoms with Crippen molar-refractivity contribution in [1.82, 2.24) is 15.2 Å². The first-order chi connectivity index (χ1) is 15.6. The van der Waals surface area contributed by atoms with E-state index in [0.717, 1.165) is 18.3 Å². The summed E-state index contributed by atoms with van der Waals surface area (Å²) in [6, 6.07) is 12.1. The van der Waals surface area contributed by atoms with Gasteiger partial charge in [0.25, 0.3) is 0 Å². The van der Waals surface area contributed by atoms with Crippen LogP contribution in [0.2, 0.25) is 0 Å². The van der Waals surface area contributed by atoms with Crippen LogP contribution in [0.4, 0.5) is 24.9 Å².